The van der Waals surface area contributed by atoms with Crippen LogP contribution in [0.15, 0.2) is 65.3 Å². The van der Waals surface area contributed by atoms with Gasteiger partial charge in [0, 0.05) is 22.3 Å². The molecule has 0 saturated carbocycles. The number of nitrogens with one attached hydrogen (secondary N) is 1. The Balaban J connectivity index is 2.07. The Morgan fingerprint density at radius 3 is 2.38 bits per heavy atom. The third-order valence-electron chi connectivity index (χ3n) is 2.79. The molecule has 2 aromatic rings. The lowest BCUT2D eigenvalue weighted by atomic mass is 10.1. The summed E-state index contributed by atoms with van der Waals surface area (Å²) in [7, 11) is 0. The molecule has 0 radical (unpaired) electrons. The lowest BCUT2D eigenvalue weighted by Crippen LogP contribution is -2.13. The molecule has 0 unspecified atom stereocenters. The van der Waals surface area contributed by atoms with Crippen molar-refractivity contribution in [3.63, 3.8) is 0 Å². The van der Waals surface area contributed by atoms with Gasteiger partial charge in [-0.25, -0.2) is 0 Å². The minimum atomic E-state index is -0.522. The number of benzene rings is 2. The minimum Gasteiger partial charge on any atom is -0.366 e. The quantitative estimate of drug-likeness (QED) is 0.645. The fraction of sp³-hybridized carbons (Fsp3) is 0. The lowest BCUT2D eigenvalue weighted by Gasteiger charge is -2.05. The number of carbonyl (C=O) groups excluding carboxylic acids is 2. The molecule has 0 bridgehead atoms. The molecule has 106 valence electrons. The van der Waals surface area contributed by atoms with E-state index in [0.717, 1.165) is 4.47 Å². The number of primary amides is 1. The second kappa shape index (κ2) is 6.85. The predicted octanol–water partition coefficient (Wildman–Crippen LogP) is 3.36. The van der Waals surface area contributed by atoms with E-state index in [1.807, 2.05) is 0 Å². The van der Waals surface area contributed by atoms with Gasteiger partial charge in [-0.2, -0.15) is 0 Å². The maximum absolute atomic E-state index is 11.9. The summed E-state index contributed by atoms with van der Waals surface area (Å²) in [6, 6.07) is 13.9. The number of amides is 1. The molecule has 2 aromatic carbocycles. The van der Waals surface area contributed by atoms with Crippen molar-refractivity contribution in [3.8, 4) is 0 Å². The summed E-state index contributed by atoms with van der Waals surface area (Å²) >= 11 is 3.31. The van der Waals surface area contributed by atoms with E-state index in [0.29, 0.717) is 16.8 Å². The van der Waals surface area contributed by atoms with Crippen molar-refractivity contribution in [3.05, 3.63) is 76.4 Å². The molecule has 21 heavy (non-hydrogen) atoms. The first-order valence-corrected chi connectivity index (χ1v) is 6.99. The lowest BCUT2D eigenvalue weighted by molar-refractivity contribution is 0.0999. The van der Waals surface area contributed by atoms with Crippen LogP contribution < -0.4 is 11.1 Å². The molecule has 0 saturated heterocycles. The van der Waals surface area contributed by atoms with Crippen LogP contribution in [0.25, 0.3) is 0 Å². The number of ketones is 1. The monoisotopic (exact) mass is 344 g/mol. The van der Waals surface area contributed by atoms with E-state index in [1.165, 1.54) is 12.3 Å². The predicted molar refractivity (Wildman–Crippen MR) is 86.2 cm³/mol. The molecule has 1 amide bonds. The number of rotatable bonds is 5. The third-order valence-corrected chi connectivity index (χ3v) is 3.32. The Morgan fingerprint density at radius 1 is 1.05 bits per heavy atom. The summed E-state index contributed by atoms with van der Waals surface area (Å²) in [6.45, 7) is 0. The number of nitrogens with two attached hydrogens (primary N) is 1. The molecule has 0 aliphatic heterocycles. The Morgan fingerprint density at radius 2 is 1.71 bits per heavy atom. The van der Waals surface area contributed by atoms with Gasteiger partial charge in [-0.3, -0.25) is 9.59 Å². The Hall–Kier alpha value is -2.40. The summed E-state index contributed by atoms with van der Waals surface area (Å²) in [6.07, 6.45) is 2.90. The molecule has 3 N–H and O–H groups in total. The second-order valence-electron chi connectivity index (χ2n) is 4.26. The molecule has 0 aliphatic rings. The van der Waals surface area contributed by atoms with Crippen LogP contribution in [0.3, 0.4) is 0 Å². The molecule has 0 heterocycles. The average Bonchev–Trinajstić information content (AvgIpc) is 2.48. The first-order chi connectivity index (χ1) is 10.1. The van der Waals surface area contributed by atoms with Gasteiger partial charge in [0.15, 0.2) is 5.78 Å². The number of halogens is 1. The van der Waals surface area contributed by atoms with E-state index in [1.54, 1.807) is 48.5 Å². The van der Waals surface area contributed by atoms with Crippen LogP contribution in [0.2, 0.25) is 0 Å². The van der Waals surface area contributed by atoms with Crippen LogP contribution in [-0.4, -0.2) is 11.7 Å². The normalized spacial score (nSPS) is 10.5. The fourth-order valence-corrected chi connectivity index (χ4v) is 2.01. The third kappa shape index (κ3) is 4.03. The highest BCUT2D eigenvalue weighted by Gasteiger charge is 2.05. The van der Waals surface area contributed by atoms with Crippen LogP contribution in [0.4, 0.5) is 5.69 Å². The maximum Gasteiger partial charge on any atom is 0.250 e. The number of allylic oxidation sites excluding steroid dienone is 1. The Bertz CT molecular complexity index is 694. The highest BCUT2D eigenvalue weighted by Crippen LogP contribution is 2.14. The zero-order valence-corrected chi connectivity index (χ0v) is 12.6. The summed E-state index contributed by atoms with van der Waals surface area (Å²) in [5.74, 6) is -0.655. The second-order valence-corrected chi connectivity index (χ2v) is 5.17. The van der Waals surface area contributed by atoms with Crippen LogP contribution in [0.5, 0.6) is 0 Å². The zero-order valence-electron chi connectivity index (χ0n) is 11.0. The first kappa shape index (κ1) is 15.0. The zero-order chi connectivity index (χ0) is 15.2. The van der Waals surface area contributed by atoms with Crippen molar-refractivity contribution in [2.45, 2.75) is 0 Å². The SMILES string of the molecule is NC(=O)c1ccccc1N/C=C/C(=O)c1ccc(Br)cc1. The van der Waals surface area contributed by atoms with Gasteiger partial charge in [-0.05, 0) is 36.4 Å². The van der Waals surface area contributed by atoms with E-state index in [9.17, 15) is 9.59 Å². The van der Waals surface area contributed by atoms with Gasteiger partial charge in [0.05, 0.1) is 11.3 Å². The van der Waals surface area contributed by atoms with Crippen molar-refractivity contribution in [1.29, 1.82) is 0 Å². The molecular weight excluding hydrogens is 332 g/mol. The topological polar surface area (TPSA) is 72.2 Å². The van der Waals surface area contributed by atoms with Gasteiger partial charge < -0.3 is 11.1 Å². The van der Waals surface area contributed by atoms with E-state index in [2.05, 4.69) is 21.2 Å². The highest BCUT2D eigenvalue weighted by atomic mass is 79.9. The molecule has 4 nitrogen and oxygen atoms in total. The number of para-hydroxylation sites is 1. The van der Waals surface area contributed by atoms with Crippen LogP contribution >= 0.6 is 15.9 Å². The van der Waals surface area contributed by atoms with Crippen molar-refractivity contribution in [1.82, 2.24) is 0 Å². The maximum atomic E-state index is 11.9. The Labute approximate surface area is 130 Å². The summed E-state index contributed by atoms with van der Waals surface area (Å²) in [5, 5.41) is 2.90. The molecule has 0 atom stereocenters. The van der Waals surface area contributed by atoms with Gasteiger partial charge in [-0.1, -0.05) is 28.1 Å². The van der Waals surface area contributed by atoms with Crippen molar-refractivity contribution < 1.29 is 9.59 Å². The molecule has 5 heteroatoms. The summed E-state index contributed by atoms with van der Waals surface area (Å²) < 4.78 is 0.913. The number of anilines is 1. The van der Waals surface area contributed by atoms with Gasteiger partial charge in [0.25, 0.3) is 5.91 Å². The minimum absolute atomic E-state index is 0.133. The molecule has 0 spiro atoms. The van der Waals surface area contributed by atoms with Crippen molar-refractivity contribution in [2.75, 3.05) is 5.32 Å². The van der Waals surface area contributed by atoms with Crippen LogP contribution in [0, 0.1) is 0 Å². The van der Waals surface area contributed by atoms with Gasteiger partial charge in [-0.15, -0.1) is 0 Å². The van der Waals surface area contributed by atoms with Crippen molar-refractivity contribution in [2.24, 2.45) is 5.73 Å². The summed E-state index contributed by atoms with van der Waals surface area (Å²) in [4.78, 5) is 23.2. The average molecular weight is 345 g/mol. The molecule has 0 aliphatic carbocycles. The van der Waals surface area contributed by atoms with Crippen LogP contribution in [0.1, 0.15) is 20.7 Å². The number of hydrogen-bond acceptors (Lipinski definition) is 3. The first-order valence-electron chi connectivity index (χ1n) is 6.20. The highest BCUT2D eigenvalue weighted by molar-refractivity contribution is 9.10. The number of carbonyl (C=O) groups is 2. The Kier molecular flexibility index (Phi) is 4.90. The standard InChI is InChI=1S/C16H13BrN2O2/c17-12-7-5-11(6-8-12)15(20)9-10-19-14-4-2-1-3-13(14)16(18)21/h1-10,19H,(H2,18,21)/b10-9+. The number of hydrogen-bond donors (Lipinski definition) is 2. The van der Waals surface area contributed by atoms with E-state index < -0.39 is 5.91 Å². The van der Waals surface area contributed by atoms with E-state index in [-0.39, 0.29) is 5.78 Å². The smallest absolute Gasteiger partial charge is 0.250 e. The fourth-order valence-electron chi connectivity index (χ4n) is 1.74. The largest absolute Gasteiger partial charge is 0.366 e. The summed E-state index contributed by atoms with van der Waals surface area (Å²) in [5.41, 5.74) is 6.79. The van der Waals surface area contributed by atoms with Gasteiger partial charge >= 0.3 is 0 Å². The van der Waals surface area contributed by atoms with Gasteiger partial charge in [0.2, 0.25) is 0 Å². The molecular formula is C16H13BrN2O2. The van der Waals surface area contributed by atoms with Crippen molar-refractivity contribution >= 4 is 33.3 Å². The van der Waals surface area contributed by atoms with E-state index in [4.69, 9.17) is 5.73 Å². The molecule has 0 aromatic heterocycles. The molecule has 2 rings (SSSR count). The van der Waals surface area contributed by atoms with Gasteiger partial charge in [0.1, 0.15) is 0 Å². The molecule has 0 fully saturated rings. The van der Waals surface area contributed by atoms with Crippen LogP contribution in [-0.2, 0) is 0 Å². The van der Waals surface area contributed by atoms with E-state index >= 15 is 0 Å².